The number of hydrogen-bond acceptors (Lipinski definition) is 3. The van der Waals surface area contributed by atoms with Crippen LogP contribution >= 0.6 is 0 Å². The normalized spacial score (nSPS) is 22.6. The average Bonchev–Trinajstić information content (AvgIpc) is 3.19. The molecule has 3 atom stereocenters. The minimum Gasteiger partial charge on any atom is -0.481 e. The number of hydrogen-bond donors (Lipinski definition) is 3. The molecule has 5 heteroatoms. The number of amides is 1. The molecule has 0 radical (unpaired) electrons. The maximum Gasteiger partial charge on any atom is 0.307 e. The highest BCUT2D eigenvalue weighted by atomic mass is 16.4. The van der Waals surface area contributed by atoms with E-state index in [1.807, 2.05) is 30.3 Å². The Morgan fingerprint density at radius 3 is 2.47 bits per heavy atom. The summed E-state index contributed by atoms with van der Waals surface area (Å²) in [6.45, 7) is -0.162. The van der Waals surface area contributed by atoms with Crippen molar-refractivity contribution in [3.63, 3.8) is 0 Å². The molecule has 5 nitrogen and oxygen atoms in total. The Balaban J connectivity index is 1.86. The molecule has 1 fully saturated rings. The molecule has 1 aromatic carbocycles. The molecule has 3 N–H and O–H groups in total. The van der Waals surface area contributed by atoms with Crippen molar-refractivity contribution >= 4 is 11.9 Å². The van der Waals surface area contributed by atoms with E-state index in [0.717, 1.165) is 5.56 Å². The first-order valence-corrected chi connectivity index (χ1v) is 6.29. The summed E-state index contributed by atoms with van der Waals surface area (Å²) in [6.07, 6.45) is 0.929. The molecular formula is C14H17NO4. The summed E-state index contributed by atoms with van der Waals surface area (Å²) in [6, 6.07) is 9.17. The van der Waals surface area contributed by atoms with E-state index in [1.54, 1.807) is 0 Å². The highest BCUT2D eigenvalue weighted by Gasteiger charge is 2.48. The van der Waals surface area contributed by atoms with Gasteiger partial charge >= 0.3 is 5.97 Å². The Kier molecular flexibility index (Phi) is 4.16. The number of aliphatic hydroxyl groups excluding tert-OH is 1. The molecule has 1 amide bonds. The van der Waals surface area contributed by atoms with Crippen LogP contribution in [0.3, 0.4) is 0 Å². The molecule has 19 heavy (non-hydrogen) atoms. The maximum absolute atomic E-state index is 11.8. The number of carboxylic acids is 1. The first-order valence-electron chi connectivity index (χ1n) is 6.29. The Morgan fingerprint density at radius 1 is 1.26 bits per heavy atom. The summed E-state index contributed by atoms with van der Waals surface area (Å²) in [5.74, 6) is -2.20. The first kappa shape index (κ1) is 13.5. The van der Waals surface area contributed by atoms with Crippen molar-refractivity contribution in [3.05, 3.63) is 35.9 Å². The predicted octanol–water partition coefficient (Wildman–Crippen LogP) is 0.427. The van der Waals surface area contributed by atoms with E-state index >= 15 is 0 Å². The van der Waals surface area contributed by atoms with Gasteiger partial charge < -0.3 is 15.5 Å². The second-order valence-electron chi connectivity index (χ2n) is 4.86. The first-order chi connectivity index (χ1) is 9.11. The van der Waals surface area contributed by atoms with Crippen molar-refractivity contribution < 1.29 is 19.8 Å². The fourth-order valence-electron chi connectivity index (χ4n) is 2.13. The predicted molar refractivity (Wildman–Crippen MR) is 68.4 cm³/mol. The highest BCUT2D eigenvalue weighted by Crippen LogP contribution is 2.38. The number of rotatable bonds is 6. The monoisotopic (exact) mass is 263 g/mol. The number of benzene rings is 1. The van der Waals surface area contributed by atoms with E-state index < -0.39 is 17.8 Å². The number of aliphatic hydroxyl groups is 1. The number of carbonyl (C=O) groups is 2. The smallest absolute Gasteiger partial charge is 0.307 e. The van der Waals surface area contributed by atoms with E-state index in [2.05, 4.69) is 5.32 Å². The Labute approximate surface area is 111 Å². The van der Waals surface area contributed by atoms with Gasteiger partial charge in [-0.25, -0.2) is 0 Å². The van der Waals surface area contributed by atoms with Gasteiger partial charge in [0.15, 0.2) is 0 Å². The fraction of sp³-hybridized carbons (Fsp3) is 0.429. The average molecular weight is 263 g/mol. The van der Waals surface area contributed by atoms with Gasteiger partial charge in [0, 0.05) is 0 Å². The van der Waals surface area contributed by atoms with E-state index in [1.165, 1.54) is 0 Å². The lowest BCUT2D eigenvalue weighted by molar-refractivity contribution is -0.140. The van der Waals surface area contributed by atoms with Gasteiger partial charge in [0.25, 0.3) is 0 Å². The Morgan fingerprint density at radius 2 is 1.95 bits per heavy atom. The molecule has 0 spiro atoms. The van der Waals surface area contributed by atoms with Crippen LogP contribution in [0.15, 0.2) is 30.3 Å². The minimum absolute atomic E-state index is 0.162. The third-order valence-electron chi connectivity index (χ3n) is 3.34. The van der Waals surface area contributed by atoms with Crippen LogP contribution in [0.2, 0.25) is 0 Å². The van der Waals surface area contributed by atoms with Crippen LogP contribution in [-0.4, -0.2) is 34.7 Å². The standard InChI is InChI=1S/C14H17NO4/c16-8-10(6-9-4-2-1-3-5-9)15-13(17)11-7-12(11)14(18)19/h1-5,10-12,16H,6-8H2,(H,15,17)(H,18,19). The zero-order valence-electron chi connectivity index (χ0n) is 10.5. The summed E-state index contributed by atoms with van der Waals surface area (Å²) >= 11 is 0. The van der Waals surface area contributed by atoms with Crippen LogP contribution in [0, 0.1) is 11.8 Å². The minimum atomic E-state index is -0.927. The van der Waals surface area contributed by atoms with Crippen LogP contribution in [0.4, 0.5) is 0 Å². The van der Waals surface area contributed by atoms with Crippen molar-refractivity contribution in [2.24, 2.45) is 11.8 Å². The summed E-state index contributed by atoms with van der Waals surface area (Å²) in [5.41, 5.74) is 1.02. The summed E-state index contributed by atoms with van der Waals surface area (Å²) < 4.78 is 0. The van der Waals surface area contributed by atoms with Crippen molar-refractivity contribution in [3.8, 4) is 0 Å². The SMILES string of the molecule is O=C(O)C1CC1C(=O)NC(CO)Cc1ccccc1. The van der Waals surface area contributed by atoms with Crippen molar-refractivity contribution in [2.45, 2.75) is 18.9 Å². The molecule has 1 aromatic rings. The van der Waals surface area contributed by atoms with E-state index in [4.69, 9.17) is 5.11 Å². The number of aliphatic carboxylic acids is 1. The third-order valence-corrected chi connectivity index (χ3v) is 3.34. The topological polar surface area (TPSA) is 86.6 Å². The molecule has 0 bridgehead atoms. The van der Waals surface area contributed by atoms with Gasteiger partial charge in [0.1, 0.15) is 0 Å². The summed E-state index contributed by atoms with van der Waals surface area (Å²) in [5, 5.41) is 20.8. The summed E-state index contributed by atoms with van der Waals surface area (Å²) in [4.78, 5) is 22.5. The lowest BCUT2D eigenvalue weighted by atomic mass is 10.1. The van der Waals surface area contributed by atoms with E-state index in [-0.39, 0.29) is 18.6 Å². The molecule has 0 aliphatic heterocycles. The molecule has 2 rings (SSSR count). The van der Waals surface area contributed by atoms with Gasteiger partial charge in [0.05, 0.1) is 24.5 Å². The van der Waals surface area contributed by atoms with Crippen LogP contribution in [-0.2, 0) is 16.0 Å². The zero-order chi connectivity index (χ0) is 13.8. The number of nitrogens with one attached hydrogen (secondary N) is 1. The van der Waals surface area contributed by atoms with Gasteiger partial charge in [-0.05, 0) is 18.4 Å². The van der Waals surface area contributed by atoms with Crippen molar-refractivity contribution in [1.82, 2.24) is 5.32 Å². The third kappa shape index (κ3) is 3.54. The van der Waals surface area contributed by atoms with E-state index in [9.17, 15) is 14.7 Å². The van der Waals surface area contributed by atoms with Crippen LogP contribution in [0.25, 0.3) is 0 Å². The molecule has 0 aromatic heterocycles. The Bertz CT molecular complexity index is 460. The molecular weight excluding hydrogens is 246 g/mol. The summed E-state index contributed by atoms with van der Waals surface area (Å²) in [7, 11) is 0. The lowest BCUT2D eigenvalue weighted by Crippen LogP contribution is -2.40. The van der Waals surface area contributed by atoms with Gasteiger partial charge in [0.2, 0.25) is 5.91 Å². The van der Waals surface area contributed by atoms with Crippen LogP contribution in [0.5, 0.6) is 0 Å². The molecule has 3 unspecified atom stereocenters. The molecule has 0 saturated heterocycles. The van der Waals surface area contributed by atoms with Gasteiger partial charge in [-0.15, -0.1) is 0 Å². The van der Waals surface area contributed by atoms with Crippen molar-refractivity contribution in [2.75, 3.05) is 6.61 Å². The largest absolute Gasteiger partial charge is 0.481 e. The zero-order valence-corrected chi connectivity index (χ0v) is 10.5. The molecule has 1 aliphatic carbocycles. The molecule has 102 valence electrons. The molecule has 1 aliphatic rings. The van der Waals surface area contributed by atoms with Crippen LogP contribution < -0.4 is 5.32 Å². The lowest BCUT2D eigenvalue weighted by Gasteiger charge is -2.16. The quantitative estimate of drug-likeness (QED) is 0.694. The molecule has 0 heterocycles. The van der Waals surface area contributed by atoms with Gasteiger partial charge in [-0.3, -0.25) is 9.59 Å². The molecule has 1 saturated carbocycles. The maximum atomic E-state index is 11.8. The number of carbonyl (C=O) groups excluding carboxylic acids is 1. The van der Waals surface area contributed by atoms with Crippen LogP contribution in [0.1, 0.15) is 12.0 Å². The fourth-order valence-corrected chi connectivity index (χ4v) is 2.13. The highest BCUT2D eigenvalue weighted by molar-refractivity contribution is 5.89. The van der Waals surface area contributed by atoms with Gasteiger partial charge in [-0.2, -0.15) is 0 Å². The second-order valence-corrected chi connectivity index (χ2v) is 4.86. The number of carboxylic acid groups (broad SMARTS) is 1. The van der Waals surface area contributed by atoms with Gasteiger partial charge in [-0.1, -0.05) is 30.3 Å². The van der Waals surface area contributed by atoms with E-state index in [0.29, 0.717) is 12.8 Å². The second kappa shape index (κ2) is 5.84. The van der Waals surface area contributed by atoms with Crippen molar-refractivity contribution in [1.29, 1.82) is 0 Å². The Hall–Kier alpha value is -1.88.